The number of aromatic nitrogens is 4. The van der Waals surface area contributed by atoms with Crippen molar-refractivity contribution in [2.75, 3.05) is 0 Å². The lowest BCUT2D eigenvalue weighted by Crippen LogP contribution is -2.03. The molecule has 0 aliphatic carbocycles. The van der Waals surface area contributed by atoms with Crippen LogP contribution in [0.25, 0.3) is 44.4 Å². The fourth-order valence-corrected chi connectivity index (χ4v) is 7.40. The van der Waals surface area contributed by atoms with Gasteiger partial charge >= 0.3 is 0 Å². The molecule has 49 heavy (non-hydrogen) atoms. The largest absolute Gasteiger partial charge is 0.457 e. The number of hydrogen-bond acceptors (Lipinski definition) is 3. The van der Waals surface area contributed by atoms with Crippen LogP contribution in [-0.4, -0.2) is 19.3 Å². The van der Waals surface area contributed by atoms with E-state index in [4.69, 9.17) is 14.8 Å². The second kappa shape index (κ2) is 13.0. The molecule has 0 aliphatic rings. The third kappa shape index (κ3) is 5.82. The number of para-hydroxylation sites is 1. The molecule has 5 heteroatoms. The van der Waals surface area contributed by atoms with Crippen LogP contribution in [0.15, 0.2) is 91.1 Å². The second-order valence-electron chi connectivity index (χ2n) is 13.5. The maximum absolute atomic E-state index is 6.74. The molecular weight excluding hydrogens is 601 g/mol. The first kappa shape index (κ1) is 32.4. The fraction of sp³-hybridized carbons (Fsp3) is 0.273. The molecule has 0 unspecified atom stereocenters. The molecule has 3 aromatic heterocycles. The Morgan fingerprint density at radius 3 is 2.14 bits per heavy atom. The van der Waals surface area contributed by atoms with Gasteiger partial charge in [-0.2, -0.15) is 5.10 Å². The predicted molar refractivity (Wildman–Crippen MR) is 204 cm³/mol. The van der Waals surface area contributed by atoms with Gasteiger partial charge in [0.2, 0.25) is 0 Å². The molecule has 0 bridgehead atoms. The number of hydrogen-bond donors (Lipinski definition) is 0. The van der Waals surface area contributed by atoms with Crippen molar-refractivity contribution < 1.29 is 4.74 Å². The first-order valence-corrected chi connectivity index (χ1v) is 17.7. The van der Waals surface area contributed by atoms with Crippen LogP contribution >= 0.6 is 0 Å². The molecule has 0 radical (unpaired) electrons. The highest BCUT2D eigenvalue weighted by atomic mass is 16.5. The summed E-state index contributed by atoms with van der Waals surface area (Å²) in [5.74, 6) is 2.81. The van der Waals surface area contributed by atoms with E-state index in [-0.39, 0.29) is 0 Å². The maximum Gasteiger partial charge on any atom is 0.137 e. The van der Waals surface area contributed by atoms with Crippen LogP contribution in [0.2, 0.25) is 0 Å². The van der Waals surface area contributed by atoms with E-state index in [0.717, 1.165) is 64.7 Å². The first-order chi connectivity index (χ1) is 23.7. The van der Waals surface area contributed by atoms with Crippen molar-refractivity contribution in [3.05, 3.63) is 130 Å². The van der Waals surface area contributed by atoms with Crippen LogP contribution in [0.5, 0.6) is 11.5 Å². The van der Waals surface area contributed by atoms with Crippen LogP contribution < -0.4 is 4.74 Å². The topological polar surface area (TPSA) is 44.9 Å². The number of pyridine rings is 1. The van der Waals surface area contributed by atoms with Gasteiger partial charge in [-0.25, -0.2) is 9.67 Å². The molecular formula is C44H46N4O. The Kier molecular flexibility index (Phi) is 8.62. The van der Waals surface area contributed by atoms with Gasteiger partial charge in [-0.05, 0) is 116 Å². The minimum Gasteiger partial charge on any atom is -0.457 e. The summed E-state index contributed by atoms with van der Waals surface area (Å²) in [6.07, 6.45) is 4.83. The standard InChI is InChI=1S/C44H46N4O/c1-9-31-18-19-45-42(22-31)47-40-15-13-12-14-38(40)39-17-16-36(26-41(39)47)49-37-24-34(27(4)5)23-35(25-37)48-30(8)43(29(7)46-48)44-32(10-2)20-28(6)21-33(44)11-3/h12-27H,9-11H2,1-8H3. The average molecular weight is 647 g/mol. The third-order valence-electron chi connectivity index (χ3n) is 9.90. The molecule has 5 nitrogen and oxygen atoms in total. The molecule has 0 aliphatic heterocycles. The lowest BCUT2D eigenvalue weighted by atomic mass is 9.89. The van der Waals surface area contributed by atoms with Crippen LogP contribution in [0.1, 0.15) is 79.7 Å². The minimum atomic E-state index is 0.316. The van der Waals surface area contributed by atoms with Crippen molar-refractivity contribution >= 4 is 21.8 Å². The van der Waals surface area contributed by atoms with Crippen molar-refractivity contribution in [3.63, 3.8) is 0 Å². The van der Waals surface area contributed by atoms with Crippen molar-refractivity contribution in [1.29, 1.82) is 0 Å². The van der Waals surface area contributed by atoms with Gasteiger partial charge in [0.25, 0.3) is 0 Å². The lowest BCUT2D eigenvalue weighted by Gasteiger charge is -2.17. The van der Waals surface area contributed by atoms with E-state index in [2.05, 4.69) is 150 Å². The summed E-state index contributed by atoms with van der Waals surface area (Å²) in [7, 11) is 0. The molecule has 0 spiro atoms. The molecule has 0 saturated carbocycles. The summed E-state index contributed by atoms with van der Waals surface area (Å²) in [6, 6.07) is 30.4. The lowest BCUT2D eigenvalue weighted by molar-refractivity contribution is 0.481. The van der Waals surface area contributed by atoms with Gasteiger partial charge in [-0.3, -0.25) is 4.57 Å². The highest BCUT2D eigenvalue weighted by Crippen LogP contribution is 2.38. The number of nitrogens with zero attached hydrogens (tertiary/aromatic N) is 4. The molecule has 7 rings (SSSR count). The zero-order chi connectivity index (χ0) is 34.4. The SMILES string of the molecule is CCc1ccnc(-n2c3ccccc3c3ccc(Oc4cc(C(C)C)cc(-n5nc(C)c(-c6c(CC)cc(C)cc6CC)c5C)c4)cc32)c1. The fourth-order valence-electron chi connectivity index (χ4n) is 7.40. The van der Waals surface area contributed by atoms with Crippen molar-refractivity contribution in [3.8, 4) is 34.1 Å². The zero-order valence-corrected chi connectivity index (χ0v) is 30.1. The smallest absolute Gasteiger partial charge is 0.137 e. The van der Waals surface area contributed by atoms with E-state index in [0.29, 0.717) is 5.92 Å². The van der Waals surface area contributed by atoms with E-state index < -0.39 is 0 Å². The van der Waals surface area contributed by atoms with Gasteiger partial charge in [-0.15, -0.1) is 0 Å². The molecule has 7 aromatic rings. The quantitative estimate of drug-likeness (QED) is 0.157. The Hall–Kier alpha value is -5.16. The Balaban J connectivity index is 1.34. The Labute approximate surface area is 290 Å². The summed E-state index contributed by atoms with van der Waals surface area (Å²) in [6.45, 7) is 17.7. The zero-order valence-electron chi connectivity index (χ0n) is 30.1. The number of aryl methyl sites for hydroxylation is 5. The van der Waals surface area contributed by atoms with E-state index in [1.54, 1.807) is 0 Å². The predicted octanol–water partition coefficient (Wildman–Crippen LogP) is 11.6. The molecule has 0 N–H and O–H groups in total. The number of fused-ring (bicyclic) bond motifs is 3. The monoisotopic (exact) mass is 646 g/mol. The second-order valence-corrected chi connectivity index (χ2v) is 13.5. The normalized spacial score (nSPS) is 11.7. The number of benzene rings is 4. The van der Waals surface area contributed by atoms with E-state index in [9.17, 15) is 0 Å². The van der Waals surface area contributed by atoms with E-state index in [1.807, 2.05) is 6.20 Å². The Morgan fingerprint density at radius 2 is 1.43 bits per heavy atom. The summed E-state index contributed by atoms with van der Waals surface area (Å²) in [5, 5.41) is 7.52. The summed E-state index contributed by atoms with van der Waals surface area (Å²) >= 11 is 0. The molecule has 0 atom stereocenters. The molecule has 3 heterocycles. The van der Waals surface area contributed by atoms with E-state index >= 15 is 0 Å². The number of rotatable bonds is 9. The molecule has 248 valence electrons. The van der Waals surface area contributed by atoms with Gasteiger partial charge in [-0.1, -0.05) is 70.5 Å². The van der Waals surface area contributed by atoms with Gasteiger partial charge in [0, 0.05) is 40.4 Å². The molecule has 0 saturated heterocycles. The van der Waals surface area contributed by atoms with Gasteiger partial charge in [0.15, 0.2) is 0 Å². The van der Waals surface area contributed by atoms with Crippen molar-refractivity contribution in [2.45, 2.75) is 80.6 Å². The van der Waals surface area contributed by atoms with Crippen LogP contribution in [-0.2, 0) is 19.3 Å². The third-order valence-corrected chi connectivity index (χ3v) is 9.90. The summed E-state index contributed by atoms with van der Waals surface area (Å²) < 4.78 is 11.1. The Bertz CT molecular complexity index is 2310. The van der Waals surface area contributed by atoms with E-state index in [1.165, 1.54) is 49.7 Å². The van der Waals surface area contributed by atoms with Gasteiger partial charge < -0.3 is 4.74 Å². The Morgan fingerprint density at radius 1 is 0.694 bits per heavy atom. The summed E-state index contributed by atoms with van der Waals surface area (Å²) in [5.41, 5.74) is 14.5. The van der Waals surface area contributed by atoms with Gasteiger partial charge in [0.1, 0.15) is 17.3 Å². The van der Waals surface area contributed by atoms with Crippen molar-refractivity contribution in [1.82, 2.24) is 19.3 Å². The van der Waals surface area contributed by atoms with Crippen LogP contribution in [0.4, 0.5) is 0 Å². The molecule has 4 aromatic carbocycles. The van der Waals surface area contributed by atoms with Gasteiger partial charge in [0.05, 0.1) is 22.4 Å². The highest BCUT2D eigenvalue weighted by molar-refractivity contribution is 6.09. The van der Waals surface area contributed by atoms with Crippen molar-refractivity contribution in [2.24, 2.45) is 0 Å². The first-order valence-electron chi connectivity index (χ1n) is 17.7. The number of ether oxygens (including phenoxy) is 1. The minimum absolute atomic E-state index is 0.316. The van der Waals surface area contributed by atoms with Crippen LogP contribution in [0, 0.1) is 20.8 Å². The molecule has 0 amide bonds. The average Bonchev–Trinajstić information content (AvgIpc) is 3.59. The molecule has 0 fully saturated rings. The highest BCUT2D eigenvalue weighted by Gasteiger charge is 2.21. The summed E-state index contributed by atoms with van der Waals surface area (Å²) in [4.78, 5) is 4.80. The maximum atomic E-state index is 6.74. The van der Waals surface area contributed by atoms with Crippen LogP contribution in [0.3, 0.4) is 0 Å².